The molecule has 1 aliphatic heterocycles. The molecule has 1 atom stereocenters. The van der Waals surface area contributed by atoms with Gasteiger partial charge in [-0.3, -0.25) is 19.3 Å². The molecule has 2 N–H and O–H groups in total. The minimum absolute atomic E-state index is 0.0153. The van der Waals surface area contributed by atoms with Crippen LogP contribution >= 0.6 is 23.4 Å². The number of thioether (sulfide) groups is 1. The molecule has 1 saturated heterocycles. The minimum atomic E-state index is -0.597. The molecule has 1 fully saturated rings. The zero-order valence-corrected chi connectivity index (χ0v) is 19.2. The first-order chi connectivity index (χ1) is 14.5. The normalized spacial score (nSPS) is 15.5. The van der Waals surface area contributed by atoms with Crippen molar-refractivity contribution in [3.05, 3.63) is 34.9 Å². The molecule has 166 valence electrons. The van der Waals surface area contributed by atoms with Crippen LogP contribution in [0.2, 0.25) is 5.02 Å². The van der Waals surface area contributed by atoms with Crippen LogP contribution in [0.15, 0.2) is 24.3 Å². The maximum absolute atomic E-state index is 13.1. The molecule has 0 aromatic heterocycles. The standard InChI is InChI=1S/C21H31ClN4O3S/c1-3-9-23-19(27)15-25-10-12-26(13-11-25)21(29)18(8-14-30-2)24-20(28)16-6-4-5-7-17(16)22/h4-7,18H,3,8-15H2,1-2H3,(H,23,27)(H,24,28). The van der Waals surface area contributed by atoms with Crippen LogP contribution in [0, 0.1) is 0 Å². The van der Waals surface area contributed by atoms with E-state index >= 15 is 0 Å². The summed E-state index contributed by atoms with van der Waals surface area (Å²) in [5, 5.41) is 6.10. The fourth-order valence-electron chi connectivity index (χ4n) is 3.24. The smallest absolute Gasteiger partial charge is 0.253 e. The number of hydrogen-bond acceptors (Lipinski definition) is 5. The van der Waals surface area contributed by atoms with Crippen LogP contribution in [0.25, 0.3) is 0 Å². The number of piperazine rings is 1. The van der Waals surface area contributed by atoms with Crippen molar-refractivity contribution in [2.24, 2.45) is 0 Å². The van der Waals surface area contributed by atoms with Crippen LogP contribution in [-0.4, -0.2) is 84.8 Å². The molecule has 1 aromatic carbocycles. The van der Waals surface area contributed by atoms with Crippen molar-refractivity contribution in [2.75, 3.05) is 51.3 Å². The number of carbonyl (C=O) groups excluding carboxylic acids is 3. The van der Waals surface area contributed by atoms with Crippen molar-refractivity contribution in [1.29, 1.82) is 0 Å². The highest BCUT2D eigenvalue weighted by Gasteiger charge is 2.29. The number of halogens is 1. The van der Waals surface area contributed by atoms with E-state index in [2.05, 4.69) is 10.6 Å². The third-order valence-corrected chi connectivity index (χ3v) is 5.93. The van der Waals surface area contributed by atoms with Gasteiger partial charge in [-0.05, 0) is 37.0 Å². The summed E-state index contributed by atoms with van der Waals surface area (Å²) >= 11 is 7.76. The maximum atomic E-state index is 13.1. The second kappa shape index (κ2) is 12.8. The molecule has 1 aliphatic rings. The van der Waals surface area contributed by atoms with Crippen LogP contribution < -0.4 is 10.6 Å². The lowest BCUT2D eigenvalue weighted by Gasteiger charge is -2.36. The zero-order chi connectivity index (χ0) is 21.9. The topological polar surface area (TPSA) is 81.8 Å². The summed E-state index contributed by atoms with van der Waals surface area (Å²) in [6.07, 6.45) is 3.43. The number of nitrogens with one attached hydrogen (secondary N) is 2. The molecule has 1 unspecified atom stereocenters. The predicted octanol–water partition coefficient (Wildman–Crippen LogP) is 1.86. The molecule has 1 heterocycles. The van der Waals surface area contributed by atoms with Crippen molar-refractivity contribution >= 4 is 41.1 Å². The molecule has 0 bridgehead atoms. The Morgan fingerprint density at radius 2 is 1.87 bits per heavy atom. The Bertz CT molecular complexity index is 726. The number of amides is 3. The van der Waals surface area contributed by atoms with Gasteiger partial charge < -0.3 is 15.5 Å². The average Bonchev–Trinajstić information content (AvgIpc) is 2.75. The Morgan fingerprint density at radius 1 is 1.17 bits per heavy atom. The summed E-state index contributed by atoms with van der Waals surface area (Å²) in [6.45, 7) is 5.40. The molecule has 9 heteroatoms. The molecular formula is C21H31ClN4O3S. The fourth-order valence-corrected chi connectivity index (χ4v) is 3.94. The SMILES string of the molecule is CCCNC(=O)CN1CCN(C(=O)C(CCSC)NC(=O)c2ccccc2Cl)CC1. The molecule has 7 nitrogen and oxygen atoms in total. The van der Waals surface area contributed by atoms with Crippen molar-refractivity contribution < 1.29 is 14.4 Å². The summed E-state index contributed by atoms with van der Waals surface area (Å²) in [7, 11) is 0. The van der Waals surface area contributed by atoms with Gasteiger partial charge in [0.2, 0.25) is 11.8 Å². The predicted molar refractivity (Wildman–Crippen MR) is 122 cm³/mol. The van der Waals surface area contributed by atoms with Crippen LogP contribution in [-0.2, 0) is 9.59 Å². The average molecular weight is 455 g/mol. The molecule has 0 spiro atoms. The van der Waals surface area contributed by atoms with E-state index in [1.54, 1.807) is 40.9 Å². The Hall–Kier alpha value is -1.77. The number of carbonyl (C=O) groups is 3. The lowest BCUT2D eigenvalue weighted by Crippen LogP contribution is -2.56. The van der Waals surface area contributed by atoms with Crippen molar-refractivity contribution in [2.45, 2.75) is 25.8 Å². The van der Waals surface area contributed by atoms with Gasteiger partial charge >= 0.3 is 0 Å². The van der Waals surface area contributed by atoms with Crippen molar-refractivity contribution in [3.8, 4) is 0 Å². The first-order valence-electron chi connectivity index (χ1n) is 10.3. The number of nitrogens with zero attached hydrogens (tertiary/aromatic N) is 2. The number of hydrogen-bond donors (Lipinski definition) is 2. The maximum Gasteiger partial charge on any atom is 0.253 e. The first kappa shape index (κ1) is 24.5. The molecule has 0 saturated carbocycles. The van der Waals surface area contributed by atoms with Gasteiger partial charge in [-0.25, -0.2) is 0 Å². The summed E-state index contributed by atoms with van der Waals surface area (Å²) in [6, 6.07) is 6.22. The zero-order valence-electron chi connectivity index (χ0n) is 17.7. The molecular weight excluding hydrogens is 424 g/mol. The van der Waals surface area contributed by atoms with E-state index in [9.17, 15) is 14.4 Å². The second-order valence-electron chi connectivity index (χ2n) is 7.24. The van der Waals surface area contributed by atoms with E-state index in [1.165, 1.54) is 0 Å². The molecule has 1 aromatic rings. The largest absolute Gasteiger partial charge is 0.355 e. The Balaban J connectivity index is 1.93. The molecule has 3 amide bonds. The van der Waals surface area contributed by atoms with E-state index in [0.717, 1.165) is 12.2 Å². The lowest BCUT2D eigenvalue weighted by molar-refractivity contribution is -0.135. The van der Waals surface area contributed by atoms with E-state index in [1.807, 2.05) is 18.1 Å². The Kier molecular flexibility index (Phi) is 10.5. The first-order valence-corrected chi connectivity index (χ1v) is 12.1. The van der Waals surface area contributed by atoms with Gasteiger partial charge in [0.15, 0.2) is 0 Å². The van der Waals surface area contributed by atoms with E-state index in [4.69, 9.17) is 11.6 Å². The highest BCUT2D eigenvalue weighted by molar-refractivity contribution is 7.98. The van der Waals surface area contributed by atoms with E-state index in [0.29, 0.717) is 56.3 Å². The van der Waals surface area contributed by atoms with Crippen LogP contribution in [0.3, 0.4) is 0 Å². The summed E-state index contributed by atoms with van der Waals surface area (Å²) in [4.78, 5) is 41.5. The van der Waals surface area contributed by atoms with Gasteiger partial charge in [-0.1, -0.05) is 30.7 Å². The van der Waals surface area contributed by atoms with Gasteiger partial charge in [0.25, 0.3) is 5.91 Å². The van der Waals surface area contributed by atoms with Gasteiger partial charge in [0.1, 0.15) is 6.04 Å². The monoisotopic (exact) mass is 454 g/mol. The van der Waals surface area contributed by atoms with Gasteiger partial charge in [0, 0.05) is 32.7 Å². The summed E-state index contributed by atoms with van der Waals surface area (Å²) in [5.41, 5.74) is 0.365. The van der Waals surface area contributed by atoms with Crippen LogP contribution in [0.4, 0.5) is 0 Å². The fraction of sp³-hybridized carbons (Fsp3) is 0.571. The second-order valence-corrected chi connectivity index (χ2v) is 8.63. The van der Waals surface area contributed by atoms with Crippen LogP contribution in [0.1, 0.15) is 30.1 Å². The summed E-state index contributed by atoms with van der Waals surface area (Å²) in [5.74, 6) is 0.351. The van der Waals surface area contributed by atoms with Gasteiger partial charge in [-0.2, -0.15) is 11.8 Å². The third-order valence-electron chi connectivity index (χ3n) is 4.96. The van der Waals surface area contributed by atoms with Gasteiger partial charge in [0.05, 0.1) is 17.1 Å². The number of benzene rings is 1. The molecule has 2 rings (SSSR count). The quantitative estimate of drug-likeness (QED) is 0.564. The van der Waals surface area contributed by atoms with Crippen molar-refractivity contribution in [3.63, 3.8) is 0 Å². The number of rotatable bonds is 10. The molecule has 0 aliphatic carbocycles. The Labute approximate surface area is 187 Å². The molecule has 30 heavy (non-hydrogen) atoms. The van der Waals surface area contributed by atoms with Gasteiger partial charge in [-0.15, -0.1) is 0 Å². The van der Waals surface area contributed by atoms with E-state index < -0.39 is 6.04 Å². The highest BCUT2D eigenvalue weighted by atomic mass is 35.5. The summed E-state index contributed by atoms with van der Waals surface area (Å²) < 4.78 is 0. The lowest BCUT2D eigenvalue weighted by atomic mass is 10.1. The van der Waals surface area contributed by atoms with Crippen molar-refractivity contribution in [1.82, 2.24) is 20.4 Å². The van der Waals surface area contributed by atoms with E-state index in [-0.39, 0.29) is 17.7 Å². The molecule has 0 radical (unpaired) electrons. The Morgan fingerprint density at radius 3 is 2.50 bits per heavy atom. The van der Waals surface area contributed by atoms with Crippen LogP contribution in [0.5, 0.6) is 0 Å². The highest BCUT2D eigenvalue weighted by Crippen LogP contribution is 2.16. The minimum Gasteiger partial charge on any atom is -0.355 e. The third kappa shape index (κ3) is 7.49.